The molecular weight excluding hydrogens is 386 g/mol. The van der Waals surface area contributed by atoms with Crippen LogP contribution in [-0.2, 0) is 22.6 Å². The molecule has 8 nitrogen and oxygen atoms in total. The quantitative estimate of drug-likeness (QED) is 0.407. The van der Waals surface area contributed by atoms with Gasteiger partial charge in [0, 0.05) is 11.9 Å². The molecule has 8 heteroatoms. The van der Waals surface area contributed by atoms with Gasteiger partial charge in [0.2, 0.25) is 6.41 Å². The maximum Gasteiger partial charge on any atom is 0.307 e. The fourth-order valence-electron chi connectivity index (χ4n) is 3.80. The molecule has 0 aliphatic carbocycles. The molecular formula is C22H19N3O5. The highest BCUT2D eigenvalue weighted by Gasteiger charge is 2.20. The number of nitrogens with zero attached hydrogens (tertiary/aromatic N) is 2. The summed E-state index contributed by atoms with van der Waals surface area (Å²) in [6.45, 7) is 0.459. The van der Waals surface area contributed by atoms with E-state index in [0.717, 1.165) is 16.8 Å². The summed E-state index contributed by atoms with van der Waals surface area (Å²) in [5, 5.41) is 23.5. The maximum absolute atomic E-state index is 11.3. The monoisotopic (exact) mass is 405 g/mol. The average molecular weight is 405 g/mol. The Morgan fingerprint density at radius 1 is 1.20 bits per heavy atom. The van der Waals surface area contributed by atoms with E-state index in [1.807, 2.05) is 28.8 Å². The molecule has 0 spiro atoms. The fourth-order valence-corrected chi connectivity index (χ4v) is 3.80. The minimum atomic E-state index is -1.02. The second kappa shape index (κ2) is 7.75. The Kier molecular flexibility index (Phi) is 4.97. The number of carbonyl (C=O) groups excluding carboxylic acids is 1. The van der Waals surface area contributed by atoms with Gasteiger partial charge in [0.25, 0.3) is 0 Å². The first kappa shape index (κ1) is 19.3. The molecule has 4 aromatic rings. The standard InChI is InChI=1S/C22H19N3O5/c1-30-15-4-2-3-13(7-15)11-25-16-6-5-14(8-19(28)29)22(24-12-26)21(16)20-17(25)9-23-10-18(20)27/h2-7,9-10,12,27H,8,11H2,1H3,(H,24,26)(H,28,29). The van der Waals surface area contributed by atoms with Gasteiger partial charge in [-0.25, -0.2) is 0 Å². The lowest BCUT2D eigenvalue weighted by atomic mass is 10.0. The maximum atomic E-state index is 11.3. The van der Waals surface area contributed by atoms with Crippen molar-refractivity contribution in [2.45, 2.75) is 13.0 Å². The lowest BCUT2D eigenvalue weighted by molar-refractivity contribution is -0.136. The molecule has 3 N–H and O–H groups in total. The summed E-state index contributed by atoms with van der Waals surface area (Å²) in [7, 11) is 1.60. The minimum absolute atomic E-state index is 0.0525. The van der Waals surface area contributed by atoms with Crippen molar-refractivity contribution in [2.24, 2.45) is 0 Å². The summed E-state index contributed by atoms with van der Waals surface area (Å²) in [6.07, 6.45) is 3.20. The molecule has 0 bridgehead atoms. The summed E-state index contributed by atoms with van der Waals surface area (Å²) >= 11 is 0. The predicted octanol–water partition coefficient (Wildman–Crippen LogP) is 3.15. The van der Waals surface area contributed by atoms with Crippen molar-refractivity contribution in [1.82, 2.24) is 9.55 Å². The first-order valence-corrected chi connectivity index (χ1v) is 9.19. The van der Waals surface area contributed by atoms with E-state index in [0.29, 0.717) is 40.5 Å². The Hall–Kier alpha value is -4.07. The zero-order valence-electron chi connectivity index (χ0n) is 16.1. The number of hydrogen-bond donors (Lipinski definition) is 3. The number of carboxylic acids is 1. The molecule has 152 valence electrons. The van der Waals surface area contributed by atoms with Crippen molar-refractivity contribution in [1.29, 1.82) is 0 Å². The Morgan fingerprint density at radius 3 is 2.77 bits per heavy atom. The lowest BCUT2D eigenvalue weighted by Crippen LogP contribution is -2.06. The van der Waals surface area contributed by atoms with Crippen molar-refractivity contribution in [3.05, 3.63) is 59.9 Å². The first-order chi connectivity index (χ1) is 14.5. The SMILES string of the molecule is COc1cccc(Cn2c3cncc(O)c3c3c(NC=O)c(CC(=O)O)ccc32)c1. The molecule has 1 amide bonds. The smallest absolute Gasteiger partial charge is 0.307 e. The summed E-state index contributed by atoms with van der Waals surface area (Å²) in [4.78, 5) is 26.7. The third-order valence-corrected chi connectivity index (χ3v) is 5.03. The number of carbonyl (C=O) groups is 2. The van der Waals surface area contributed by atoms with Gasteiger partial charge in [-0.05, 0) is 29.3 Å². The molecule has 30 heavy (non-hydrogen) atoms. The van der Waals surface area contributed by atoms with Crippen LogP contribution in [0.1, 0.15) is 11.1 Å². The normalized spacial score (nSPS) is 11.0. The van der Waals surface area contributed by atoms with E-state index in [2.05, 4.69) is 10.3 Å². The van der Waals surface area contributed by atoms with Crippen LogP contribution in [0.3, 0.4) is 0 Å². The number of ether oxygens (including phenoxy) is 1. The fraction of sp³-hybridized carbons (Fsp3) is 0.136. The molecule has 4 rings (SSSR count). The highest BCUT2D eigenvalue weighted by atomic mass is 16.5. The summed E-state index contributed by atoms with van der Waals surface area (Å²) < 4.78 is 7.27. The second-order valence-corrected chi connectivity index (χ2v) is 6.82. The predicted molar refractivity (Wildman–Crippen MR) is 112 cm³/mol. The van der Waals surface area contributed by atoms with Crippen LogP contribution in [0, 0.1) is 0 Å². The molecule has 0 atom stereocenters. The van der Waals surface area contributed by atoms with E-state index in [-0.39, 0.29) is 12.2 Å². The van der Waals surface area contributed by atoms with Crippen LogP contribution in [0.4, 0.5) is 5.69 Å². The number of hydrogen-bond acceptors (Lipinski definition) is 5. The van der Waals surface area contributed by atoms with Crippen molar-refractivity contribution < 1.29 is 24.5 Å². The zero-order chi connectivity index (χ0) is 21.3. The topological polar surface area (TPSA) is 114 Å². The number of anilines is 1. The van der Waals surface area contributed by atoms with Crippen molar-refractivity contribution in [3.63, 3.8) is 0 Å². The summed E-state index contributed by atoms with van der Waals surface area (Å²) in [5.74, 6) is -0.348. The van der Waals surface area contributed by atoms with Gasteiger partial charge in [-0.3, -0.25) is 14.6 Å². The molecule has 0 saturated carbocycles. The number of amides is 1. The van der Waals surface area contributed by atoms with Crippen LogP contribution in [0.5, 0.6) is 11.5 Å². The molecule has 2 heterocycles. The number of fused-ring (bicyclic) bond motifs is 3. The van der Waals surface area contributed by atoms with E-state index < -0.39 is 5.97 Å². The zero-order valence-corrected chi connectivity index (χ0v) is 16.1. The highest BCUT2D eigenvalue weighted by molar-refractivity contribution is 6.18. The van der Waals surface area contributed by atoms with Crippen LogP contribution < -0.4 is 10.1 Å². The number of carboxylic acid groups (broad SMARTS) is 1. The van der Waals surface area contributed by atoms with Crippen molar-refractivity contribution >= 4 is 39.9 Å². The molecule has 0 aliphatic rings. The number of aromatic hydroxyl groups is 1. The van der Waals surface area contributed by atoms with E-state index in [4.69, 9.17) is 4.74 Å². The molecule has 0 fully saturated rings. The second-order valence-electron chi connectivity index (χ2n) is 6.82. The van der Waals surface area contributed by atoms with Gasteiger partial charge in [-0.1, -0.05) is 18.2 Å². The largest absolute Gasteiger partial charge is 0.506 e. The van der Waals surface area contributed by atoms with Gasteiger partial charge < -0.3 is 24.8 Å². The van der Waals surface area contributed by atoms with E-state index >= 15 is 0 Å². The Bertz CT molecular complexity index is 1280. The Morgan fingerprint density at radius 2 is 2.03 bits per heavy atom. The van der Waals surface area contributed by atoms with Gasteiger partial charge in [0.05, 0.1) is 48.0 Å². The van der Waals surface area contributed by atoms with E-state index in [1.165, 1.54) is 6.20 Å². The van der Waals surface area contributed by atoms with E-state index in [9.17, 15) is 19.8 Å². The highest BCUT2D eigenvalue weighted by Crippen LogP contribution is 2.40. The number of aliphatic carboxylic acids is 1. The molecule has 0 radical (unpaired) electrons. The first-order valence-electron chi connectivity index (χ1n) is 9.19. The van der Waals surface area contributed by atoms with Crippen LogP contribution in [0.15, 0.2) is 48.8 Å². The van der Waals surface area contributed by atoms with E-state index in [1.54, 1.807) is 25.4 Å². The van der Waals surface area contributed by atoms with Crippen LogP contribution in [0.25, 0.3) is 21.8 Å². The van der Waals surface area contributed by atoms with Gasteiger partial charge in [-0.15, -0.1) is 0 Å². The number of benzene rings is 2. The Labute approximate surface area is 171 Å². The number of methoxy groups -OCH3 is 1. The Balaban J connectivity index is 2.02. The molecule has 2 aromatic carbocycles. The van der Waals surface area contributed by atoms with Crippen LogP contribution in [-0.4, -0.2) is 39.3 Å². The third kappa shape index (κ3) is 3.28. The summed E-state index contributed by atoms with van der Waals surface area (Å²) in [5.41, 5.74) is 3.17. The van der Waals surface area contributed by atoms with Crippen LogP contribution >= 0.6 is 0 Å². The third-order valence-electron chi connectivity index (χ3n) is 5.03. The lowest BCUT2D eigenvalue weighted by Gasteiger charge is -2.11. The molecule has 2 aromatic heterocycles. The van der Waals surface area contributed by atoms with Crippen molar-refractivity contribution in [2.75, 3.05) is 12.4 Å². The van der Waals surface area contributed by atoms with Crippen LogP contribution in [0.2, 0.25) is 0 Å². The number of rotatable bonds is 7. The van der Waals surface area contributed by atoms with Gasteiger partial charge in [0.15, 0.2) is 0 Å². The minimum Gasteiger partial charge on any atom is -0.506 e. The average Bonchev–Trinajstić information content (AvgIpc) is 3.05. The number of nitrogens with one attached hydrogen (secondary N) is 1. The number of aromatic nitrogens is 2. The summed E-state index contributed by atoms with van der Waals surface area (Å²) in [6, 6.07) is 11.1. The van der Waals surface area contributed by atoms with Gasteiger partial charge in [-0.2, -0.15) is 0 Å². The number of pyridine rings is 1. The molecule has 0 unspecified atom stereocenters. The van der Waals surface area contributed by atoms with Gasteiger partial charge >= 0.3 is 5.97 Å². The van der Waals surface area contributed by atoms with Crippen molar-refractivity contribution in [3.8, 4) is 11.5 Å². The molecule has 0 aliphatic heterocycles. The molecule has 0 saturated heterocycles. The van der Waals surface area contributed by atoms with Gasteiger partial charge in [0.1, 0.15) is 11.5 Å².